The van der Waals surface area contributed by atoms with Crippen LogP contribution in [0.25, 0.3) is 0 Å². The maximum atomic E-state index is 13.8. The van der Waals surface area contributed by atoms with Gasteiger partial charge in [0.1, 0.15) is 11.9 Å². The molecule has 2 rings (SSSR count). The van der Waals surface area contributed by atoms with Gasteiger partial charge in [0.25, 0.3) is 0 Å². The van der Waals surface area contributed by atoms with Crippen molar-refractivity contribution in [1.29, 1.82) is 0 Å². The molecule has 0 aromatic heterocycles. The first-order chi connectivity index (χ1) is 10.9. The fourth-order valence-electron chi connectivity index (χ4n) is 2.86. The van der Waals surface area contributed by atoms with Crippen molar-refractivity contribution in [1.82, 2.24) is 10.6 Å². The van der Waals surface area contributed by atoms with E-state index in [1.807, 2.05) is 19.9 Å². The Hall–Kier alpha value is -2.11. The van der Waals surface area contributed by atoms with Crippen molar-refractivity contribution in [2.75, 3.05) is 6.61 Å². The monoisotopic (exact) mass is 322 g/mol. The van der Waals surface area contributed by atoms with E-state index in [2.05, 4.69) is 10.6 Å². The first-order valence-corrected chi connectivity index (χ1v) is 7.95. The number of fused-ring (bicyclic) bond motifs is 1. The van der Waals surface area contributed by atoms with Crippen LogP contribution in [0, 0.1) is 11.7 Å². The molecule has 1 aromatic rings. The zero-order valence-electron chi connectivity index (χ0n) is 13.7. The number of rotatable bonds is 5. The van der Waals surface area contributed by atoms with Gasteiger partial charge >= 0.3 is 6.09 Å². The number of benzene rings is 1. The number of ether oxygens (including phenoxy) is 1. The highest BCUT2D eigenvalue weighted by molar-refractivity contribution is 5.86. The Bertz CT molecular complexity index is 589. The molecule has 5 nitrogen and oxygen atoms in total. The molecule has 0 radical (unpaired) electrons. The van der Waals surface area contributed by atoms with Crippen molar-refractivity contribution >= 4 is 12.0 Å². The second kappa shape index (κ2) is 7.44. The molecule has 6 heteroatoms. The van der Waals surface area contributed by atoms with Crippen LogP contribution in [0.4, 0.5) is 9.18 Å². The Kier molecular flexibility index (Phi) is 5.58. The molecule has 126 valence electrons. The molecule has 2 unspecified atom stereocenters. The van der Waals surface area contributed by atoms with Gasteiger partial charge in [-0.25, -0.2) is 9.18 Å². The van der Waals surface area contributed by atoms with Crippen molar-refractivity contribution in [2.24, 2.45) is 5.92 Å². The van der Waals surface area contributed by atoms with Gasteiger partial charge in [-0.1, -0.05) is 26.0 Å². The number of carbonyl (C=O) groups excluding carboxylic acids is 2. The summed E-state index contributed by atoms with van der Waals surface area (Å²) in [6, 6.07) is 4.00. The Morgan fingerprint density at radius 1 is 1.39 bits per heavy atom. The third kappa shape index (κ3) is 4.00. The van der Waals surface area contributed by atoms with Gasteiger partial charge in [-0.3, -0.25) is 4.79 Å². The van der Waals surface area contributed by atoms with Gasteiger partial charge in [-0.05, 0) is 42.9 Å². The molecule has 0 spiro atoms. The first kappa shape index (κ1) is 17.2. The lowest BCUT2D eigenvalue weighted by atomic mass is 10.0. The minimum atomic E-state index is -0.688. The third-order valence-electron chi connectivity index (χ3n) is 4.03. The first-order valence-electron chi connectivity index (χ1n) is 7.95. The van der Waals surface area contributed by atoms with E-state index in [4.69, 9.17) is 4.74 Å². The van der Waals surface area contributed by atoms with E-state index in [0.717, 1.165) is 5.56 Å². The largest absolute Gasteiger partial charge is 0.450 e. The van der Waals surface area contributed by atoms with Crippen LogP contribution in [0.2, 0.25) is 0 Å². The number of halogens is 1. The molecule has 0 saturated carbocycles. The van der Waals surface area contributed by atoms with Crippen LogP contribution in [0.15, 0.2) is 18.2 Å². The maximum absolute atomic E-state index is 13.8. The van der Waals surface area contributed by atoms with Crippen molar-refractivity contribution in [3.63, 3.8) is 0 Å². The van der Waals surface area contributed by atoms with Gasteiger partial charge in [-0.15, -0.1) is 0 Å². The number of nitrogens with one attached hydrogen (secondary N) is 2. The molecule has 2 atom stereocenters. The van der Waals surface area contributed by atoms with Gasteiger partial charge in [0, 0.05) is 0 Å². The summed E-state index contributed by atoms with van der Waals surface area (Å²) in [5.41, 5.74) is 1.48. The van der Waals surface area contributed by atoms with Gasteiger partial charge in [0.15, 0.2) is 0 Å². The smallest absolute Gasteiger partial charge is 0.407 e. The summed E-state index contributed by atoms with van der Waals surface area (Å²) in [6.07, 6.45) is 0.649. The van der Waals surface area contributed by atoms with Crippen LogP contribution < -0.4 is 10.6 Å². The summed E-state index contributed by atoms with van der Waals surface area (Å²) in [4.78, 5) is 24.1. The van der Waals surface area contributed by atoms with E-state index >= 15 is 0 Å². The van der Waals surface area contributed by atoms with E-state index in [1.54, 1.807) is 13.0 Å². The molecule has 0 fully saturated rings. The average molecular weight is 322 g/mol. The minimum Gasteiger partial charge on any atom is -0.450 e. The lowest BCUT2D eigenvalue weighted by molar-refractivity contribution is -0.124. The van der Waals surface area contributed by atoms with Crippen LogP contribution in [-0.2, 0) is 16.0 Å². The van der Waals surface area contributed by atoms with E-state index in [1.165, 1.54) is 6.07 Å². The predicted octanol–water partition coefficient (Wildman–Crippen LogP) is 2.70. The molecule has 1 aliphatic rings. The van der Waals surface area contributed by atoms with Crippen LogP contribution in [0.5, 0.6) is 0 Å². The minimum absolute atomic E-state index is 0.0900. The summed E-state index contributed by atoms with van der Waals surface area (Å²) in [7, 11) is 0. The van der Waals surface area contributed by atoms with Crippen LogP contribution >= 0.6 is 0 Å². The summed E-state index contributed by atoms with van der Waals surface area (Å²) in [5, 5.41) is 5.49. The molecule has 0 bridgehead atoms. The van der Waals surface area contributed by atoms with E-state index in [0.29, 0.717) is 18.4 Å². The Morgan fingerprint density at radius 3 is 2.78 bits per heavy atom. The Balaban J connectivity index is 2.06. The van der Waals surface area contributed by atoms with Crippen LogP contribution in [0.1, 0.15) is 44.4 Å². The molecular weight excluding hydrogens is 299 g/mol. The van der Waals surface area contributed by atoms with Gasteiger partial charge in [0.2, 0.25) is 5.91 Å². The molecule has 0 heterocycles. The lowest BCUT2D eigenvalue weighted by Crippen LogP contribution is -2.50. The second-order valence-corrected chi connectivity index (χ2v) is 5.99. The number of hydrogen-bond donors (Lipinski definition) is 2. The average Bonchev–Trinajstić information content (AvgIpc) is 2.89. The molecule has 0 aliphatic heterocycles. The fourth-order valence-corrected chi connectivity index (χ4v) is 2.86. The standard InChI is InChI=1S/C17H23FN2O3/c1-4-23-17(22)20-15(10(2)3)16(21)19-14-9-8-11-12(14)6-5-7-13(11)18/h5-7,10,14-15H,4,8-9H2,1-3H3,(H,19,21)(H,20,22). The summed E-state index contributed by atoms with van der Waals surface area (Å²) in [6.45, 7) is 5.64. The highest BCUT2D eigenvalue weighted by Crippen LogP contribution is 2.32. The molecule has 2 amide bonds. The molecule has 2 N–H and O–H groups in total. The Labute approximate surface area is 135 Å². The van der Waals surface area contributed by atoms with E-state index in [-0.39, 0.29) is 30.3 Å². The zero-order chi connectivity index (χ0) is 17.0. The summed E-state index contributed by atoms with van der Waals surface area (Å²) < 4.78 is 18.6. The van der Waals surface area contributed by atoms with Crippen molar-refractivity contribution in [2.45, 2.75) is 45.7 Å². The van der Waals surface area contributed by atoms with Crippen molar-refractivity contribution in [3.8, 4) is 0 Å². The number of hydrogen-bond acceptors (Lipinski definition) is 3. The van der Waals surface area contributed by atoms with Crippen LogP contribution in [-0.4, -0.2) is 24.6 Å². The molecule has 23 heavy (non-hydrogen) atoms. The Morgan fingerprint density at radius 2 is 2.13 bits per heavy atom. The number of amides is 2. The van der Waals surface area contributed by atoms with Gasteiger partial charge in [-0.2, -0.15) is 0 Å². The summed E-state index contributed by atoms with van der Waals surface area (Å²) in [5.74, 6) is -0.604. The topological polar surface area (TPSA) is 67.4 Å². The van der Waals surface area contributed by atoms with E-state index < -0.39 is 12.1 Å². The maximum Gasteiger partial charge on any atom is 0.407 e. The van der Waals surface area contributed by atoms with Crippen molar-refractivity contribution < 1.29 is 18.7 Å². The molecule has 0 saturated heterocycles. The normalized spacial score (nSPS) is 17.5. The fraction of sp³-hybridized carbons (Fsp3) is 0.529. The lowest BCUT2D eigenvalue weighted by Gasteiger charge is -2.24. The molecule has 1 aliphatic carbocycles. The zero-order valence-corrected chi connectivity index (χ0v) is 13.7. The SMILES string of the molecule is CCOC(=O)NC(C(=O)NC1CCc2c(F)cccc21)C(C)C. The predicted molar refractivity (Wildman–Crippen MR) is 84.4 cm³/mol. The molecule has 1 aromatic carbocycles. The summed E-state index contributed by atoms with van der Waals surface area (Å²) >= 11 is 0. The highest BCUT2D eigenvalue weighted by Gasteiger charge is 2.30. The van der Waals surface area contributed by atoms with Crippen molar-refractivity contribution in [3.05, 3.63) is 35.1 Å². The van der Waals surface area contributed by atoms with E-state index in [9.17, 15) is 14.0 Å². The number of alkyl carbamates (subject to hydrolysis) is 1. The molecular formula is C17H23FN2O3. The highest BCUT2D eigenvalue weighted by atomic mass is 19.1. The quantitative estimate of drug-likeness (QED) is 0.876. The van der Waals surface area contributed by atoms with Gasteiger partial charge in [0.05, 0.1) is 12.6 Å². The third-order valence-corrected chi connectivity index (χ3v) is 4.03. The second-order valence-electron chi connectivity index (χ2n) is 5.99. The van der Waals surface area contributed by atoms with Gasteiger partial charge < -0.3 is 15.4 Å². The van der Waals surface area contributed by atoms with Crippen LogP contribution in [0.3, 0.4) is 0 Å². The number of carbonyl (C=O) groups is 2.